The SMILES string of the molecule is CCCC(=O)N1CCC(n2nccn2)C1. The maximum Gasteiger partial charge on any atom is 0.222 e. The van der Waals surface area contributed by atoms with Gasteiger partial charge in [0.15, 0.2) is 0 Å². The molecule has 1 amide bonds. The first-order valence-corrected chi connectivity index (χ1v) is 5.45. The van der Waals surface area contributed by atoms with Crippen molar-refractivity contribution in [2.45, 2.75) is 32.2 Å². The fourth-order valence-electron chi connectivity index (χ4n) is 1.94. The maximum atomic E-state index is 11.6. The largest absolute Gasteiger partial charge is 0.340 e. The number of hydrogen-bond acceptors (Lipinski definition) is 3. The summed E-state index contributed by atoms with van der Waals surface area (Å²) in [5.41, 5.74) is 0. The summed E-state index contributed by atoms with van der Waals surface area (Å²) in [7, 11) is 0. The van der Waals surface area contributed by atoms with Gasteiger partial charge in [-0.2, -0.15) is 15.0 Å². The topological polar surface area (TPSA) is 51.0 Å². The van der Waals surface area contributed by atoms with Gasteiger partial charge in [-0.3, -0.25) is 4.79 Å². The van der Waals surface area contributed by atoms with Gasteiger partial charge < -0.3 is 4.90 Å². The molecule has 82 valence electrons. The van der Waals surface area contributed by atoms with Crippen LogP contribution in [0.5, 0.6) is 0 Å². The fourth-order valence-corrected chi connectivity index (χ4v) is 1.94. The molecule has 15 heavy (non-hydrogen) atoms. The molecule has 1 aliphatic rings. The van der Waals surface area contributed by atoms with Crippen molar-refractivity contribution in [3.8, 4) is 0 Å². The standard InChI is InChI=1S/C10H16N4O/c1-2-3-10(15)13-7-4-9(8-13)14-11-5-6-12-14/h5-6,9H,2-4,7-8H2,1H3. The third kappa shape index (κ3) is 2.16. The van der Waals surface area contributed by atoms with Crippen LogP contribution >= 0.6 is 0 Å². The summed E-state index contributed by atoms with van der Waals surface area (Å²) in [6, 6.07) is 0.265. The molecular formula is C10H16N4O. The van der Waals surface area contributed by atoms with Crippen LogP contribution in [-0.4, -0.2) is 38.9 Å². The highest BCUT2D eigenvalue weighted by atomic mass is 16.2. The van der Waals surface area contributed by atoms with E-state index in [1.807, 2.05) is 11.8 Å². The summed E-state index contributed by atoms with van der Waals surface area (Å²) in [5.74, 6) is 0.257. The zero-order valence-electron chi connectivity index (χ0n) is 8.96. The van der Waals surface area contributed by atoms with Gasteiger partial charge in [0.05, 0.1) is 18.4 Å². The molecule has 5 heteroatoms. The molecule has 1 unspecified atom stereocenters. The number of likely N-dealkylation sites (tertiary alicyclic amines) is 1. The molecule has 0 radical (unpaired) electrons. The van der Waals surface area contributed by atoms with E-state index >= 15 is 0 Å². The van der Waals surface area contributed by atoms with Gasteiger partial charge in [0.2, 0.25) is 5.91 Å². The van der Waals surface area contributed by atoms with E-state index in [-0.39, 0.29) is 11.9 Å². The van der Waals surface area contributed by atoms with E-state index in [1.54, 1.807) is 17.2 Å². The summed E-state index contributed by atoms with van der Waals surface area (Å²) < 4.78 is 0. The van der Waals surface area contributed by atoms with Crippen LogP contribution in [0, 0.1) is 0 Å². The molecule has 0 N–H and O–H groups in total. The molecule has 1 aliphatic heterocycles. The number of amides is 1. The van der Waals surface area contributed by atoms with Gasteiger partial charge in [-0.05, 0) is 12.8 Å². The Bertz CT molecular complexity index is 322. The minimum Gasteiger partial charge on any atom is -0.340 e. The second-order valence-electron chi connectivity index (χ2n) is 3.88. The van der Waals surface area contributed by atoms with Crippen LogP contribution in [0.25, 0.3) is 0 Å². The Kier molecular flexibility index (Phi) is 2.99. The third-order valence-electron chi connectivity index (χ3n) is 2.74. The number of carbonyl (C=O) groups is 1. The molecule has 5 nitrogen and oxygen atoms in total. The second kappa shape index (κ2) is 4.42. The summed E-state index contributed by atoms with van der Waals surface area (Å²) in [4.78, 5) is 15.3. The number of hydrogen-bond donors (Lipinski definition) is 0. The average Bonchev–Trinajstić information content (AvgIpc) is 2.89. The lowest BCUT2D eigenvalue weighted by Gasteiger charge is -2.15. The van der Waals surface area contributed by atoms with Crippen molar-refractivity contribution in [2.75, 3.05) is 13.1 Å². The van der Waals surface area contributed by atoms with Crippen molar-refractivity contribution < 1.29 is 4.79 Å². The first-order chi connectivity index (χ1) is 7.31. The van der Waals surface area contributed by atoms with Crippen molar-refractivity contribution in [3.63, 3.8) is 0 Å². The minimum absolute atomic E-state index is 0.257. The van der Waals surface area contributed by atoms with Crippen molar-refractivity contribution in [1.82, 2.24) is 19.9 Å². The molecule has 1 saturated heterocycles. The maximum absolute atomic E-state index is 11.6. The van der Waals surface area contributed by atoms with E-state index in [9.17, 15) is 4.79 Å². The van der Waals surface area contributed by atoms with Crippen molar-refractivity contribution >= 4 is 5.91 Å². The molecule has 0 spiro atoms. The molecule has 2 heterocycles. The Hall–Kier alpha value is -1.39. The monoisotopic (exact) mass is 208 g/mol. The molecule has 0 saturated carbocycles. The van der Waals surface area contributed by atoms with Crippen LogP contribution in [0.15, 0.2) is 12.4 Å². The van der Waals surface area contributed by atoms with Gasteiger partial charge in [-0.15, -0.1) is 0 Å². The smallest absolute Gasteiger partial charge is 0.222 e. The molecule has 0 aliphatic carbocycles. The fraction of sp³-hybridized carbons (Fsp3) is 0.700. The summed E-state index contributed by atoms with van der Waals surface area (Å²) in [5, 5.41) is 8.21. The molecule has 2 rings (SSSR count). The van der Waals surface area contributed by atoms with E-state index < -0.39 is 0 Å². The highest BCUT2D eigenvalue weighted by molar-refractivity contribution is 5.76. The van der Waals surface area contributed by atoms with Crippen molar-refractivity contribution in [2.24, 2.45) is 0 Å². The molecule has 1 aromatic heterocycles. The summed E-state index contributed by atoms with van der Waals surface area (Å²) >= 11 is 0. The predicted octanol–water partition coefficient (Wildman–Crippen LogP) is 0.852. The minimum atomic E-state index is 0.257. The van der Waals surface area contributed by atoms with Crippen LogP contribution < -0.4 is 0 Å². The Morgan fingerprint density at radius 2 is 2.20 bits per heavy atom. The average molecular weight is 208 g/mol. The normalized spacial score (nSPS) is 20.9. The van der Waals surface area contributed by atoms with E-state index in [0.717, 1.165) is 25.9 Å². The van der Waals surface area contributed by atoms with Gasteiger partial charge in [-0.1, -0.05) is 6.92 Å². The first kappa shape index (κ1) is 10.1. The van der Waals surface area contributed by atoms with Crippen LogP contribution in [0.4, 0.5) is 0 Å². The van der Waals surface area contributed by atoms with E-state index in [0.29, 0.717) is 6.42 Å². The van der Waals surface area contributed by atoms with Gasteiger partial charge >= 0.3 is 0 Å². The third-order valence-corrected chi connectivity index (χ3v) is 2.74. The summed E-state index contributed by atoms with van der Waals surface area (Å²) in [6.07, 6.45) is 5.89. The van der Waals surface area contributed by atoms with Gasteiger partial charge in [0, 0.05) is 19.5 Å². The van der Waals surface area contributed by atoms with Crippen LogP contribution in [0.2, 0.25) is 0 Å². The van der Waals surface area contributed by atoms with Gasteiger partial charge in [0.25, 0.3) is 0 Å². The van der Waals surface area contributed by atoms with E-state index in [4.69, 9.17) is 0 Å². The lowest BCUT2D eigenvalue weighted by Crippen LogP contribution is -2.29. The highest BCUT2D eigenvalue weighted by Crippen LogP contribution is 2.20. The lowest BCUT2D eigenvalue weighted by molar-refractivity contribution is -0.130. The first-order valence-electron chi connectivity index (χ1n) is 5.45. The van der Waals surface area contributed by atoms with E-state index in [1.165, 1.54) is 0 Å². The Labute approximate surface area is 89.1 Å². The molecule has 0 aromatic carbocycles. The molecular weight excluding hydrogens is 192 g/mol. The quantitative estimate of drug-likeness (QED) is 0.740. The van der Waals surface area contributed by atoms with Crippen molar-refractivity contribution in [1.29, 1.82) is 0 Å². The molecule has 1 aromatic rings. The Morgan fingerprint density at radius 3 is 2.87 bits per heavy atom. The predicted molar refractivity (Wildman–Crippen MR) is 55.2 cm³/mol. The number of aromatic nitrogens is 3. The Morgan fingerprint density at radius 1 is 1.47 bits per heavy atom. The second-order valence-corrected chi connectivity index (χ2v) is 3.88. The number of carbonyl (C=O) groups excluding carboxylic acids is 1. The molecule has 1 fully saturated rings. The molecule has 0 bridgehead atoms. The van der Waals surface area contributed by atoms with Crippen molar-refractivity contribution in [3.05, 3.63) is 12.4 Å². The van der Waals surface area contributed by atoms with E-state index in [2.05, 4.69) is 10.2 Å². The number of nitrogens with zero attached hydrogens (tertiary/aromatic N) is 4. The lowest BCUT2D eigenvalue weighted by atomic mass is 10.3. The van der Waals surface area contributed by atoms with Crippen LogP contribution in [0.1, 0.15) is 32.2 Å². The molecule has 1 atom stereocenters. The van der Waals surface area contributed by atoms with Crippen LogP contribution in [0.3, 0.4) is 0 Å². The highest BCUT2D eigenvalue weighted by Gasteiger charge is 2.27. The van der Waals surface area contributed by atoms with Gasteiger partial charge in [0.1, 0.15) is 0 Å². The van der Waals surface area contributed by atoms with Gasteiger partial charge in [-0.25, -0.2) is 0 Å². The Balaban J connectivity index is 1.92. The zero-order valence-corrected chi connectivity index (χ0v) is 8.96. The number of rotatable bonds is 3. The van der Waals surface area contributed by atoms with Crippen LogP contribution in [-0.2, 0) is 4.79 Å². The zero-order chi connectivity index (χ0) is 10.7. The summed E-state index contributed by atoms with van der Waals surface area (Å²) in [6.45, 7) is 3.62.